The van der Waals surface area contributed by atoms with Gasteiger partial charge in [0, 0.05) is 18.2 Å². The quantitative estimate of drug-likeness (QED) is 0.756. The number of amides is 1. The highest BCUT2D eigenvalue weighted by atomic mass is 16.2. The molecule has 0 aromatic heterocycles. The molecule has 1 saturated heterocycles. The highest BCUT2D eigenvalue weighted by Crippen LogP contribution is 2.24. The maximum atomic E-state index is 12.8. The second-order valence-electron chi connectivity index (χ2n) is 5.37. The summed E-state index contributed by atoms with van der Waals surface area (Å²) in [5, 5.41) is 2.20. The fraction of sp³-hybridized carbons (Fsp3) is 0.353. The minimum absolute atomic E-state index is 0.184. The largest absolute Gasteiger partial charge is 0.336 e. The molecular formula is C17H19NO. The number of hydrogen-bond donors (Lipinski definition) is 0. The summed E-state index contributed by atoms with van der Waals surface area (Å²) in [7, 11) is 0. The third kappa shape index (κ3) is 2.23. The van der Waals surface area contributed by atoms with Crippen molar-refractivity contribution in [2.45, 2.75) is 32.2 Å². The van der Waals surface area contributed by atoms with Gasteiger partial charge in [0.15, 0.2) is 0 Å². The van der Waals surface area contributed by atoms with E-state index in [1.165, 1.54) is 6.42 Å². The monoisotopic (exact) mass is 253 g/mol. The van der Waals surface area contributed by atoms with E-state index in [0.29, 0.717) is 6.04 Å². The van der Waals surface area contributed by atoms with Crippen LogP contribution in [-0.4, -0.2) is 23.4 Å². The van der Waals surface area contributed by atoms with E-state index in [4.69, 9.17) is 0 Å². The number of fused-ring (bicyclic) bond motifs is 1. The Morgan fingerprint density at radius 1 is 1.11 bits per heavy atom. The molecule has 98 valence electrons. The van der Waals surface area contributed by atoms with Gasteiger partial charge in [-0.05, 0) is 43.0 Å². The lowest BCUT2D eigenvalue weighted by atomic mass is 9.99. The van der Waals surface area contributed by atoms with Gasteiger partial charge in [-0.25, -0.2) is 0 Å². The third-order valence-corrected chi connectivity index (χ3v) is 4.08. The van der Waals surface area contributed by atoms with Gasteiger partial charge in [-0.15, -0.1) is 0 Å². The van der Waals surface area contributed by atoms with Crippen LogP contribution in [-0.2, 0) is 0 Å². The van der Waals surface area contributed by atoms with Gasteiger partial charge in [0.2, 0.25) is 0 Å². The zero-order valence-corrected chi connectivity index (χ0v) is 11.3. The van der Waals surface area contributed by atoms with Gasteiger partial charge in [-0.2, -0.15) is 0 Å². The topological polar surface area (TPSA) is 20.3 Å². The van der Waals surface area contributed by atoms with Crippen LogP contribution in [0.3, 0.4) is 0 Å². The normalized spacial score (nSPS) is 19.6. The van der Waals surface area contributed by atoms with Gasteiger partial charge < -0.3 is 4.90 Å². The van der Waals surface area contributed by atoms with Crippen LogP contribution in [0.1, 0.15) is 36.5 Å². The van der Waals surface area contributed by atoms with Crippen LogP contribution in [0.15, 0.2) is 42.5 Å². The lowest BCUT2D eigenvalue weighted by Gasteiger charge is -2.33. The Hall–Kier alpha value is -1.83. The zero-order valence-electron chi connectivity index (χ0n) is 11.3. The highest BCUT2D eigenvalue weighted by molar-refractivity contribution is 6.07. The van der Waals surface area contributed by atoms with Gasteiger partial charge in [-0.1, -0.05) is 36.4 Å². The van der Waals surface area contributed by atoms with Crippen LogP contribution in [0.2, 0.25) is 0 Å². The summed E-state index contributed by atoms with van der Waals surface area (Å²) in [5.74, 6) is 0.184. The molecule has 1 fully saturated rings. The van der Waals surface area contributed by atoms with Gasteiger partial charge in [0.25, 0.3) is 5.91 Å². The summed E-state index contributed by atoms with van der Waals surface area (Å²) < 4.78 is 0. The number of rotatable bonds is 1. The number of carbonyl (C=O) groups excluding carboxylic acids is 1. The summed E-state index contributed by atoms with van der Waals surface area (Å²) >= 11 is 0. The minimum atomic E-state index is 0.184. The first-order valence-electron chi connectivity index (χ1n) is 7.06. The zero-order chi connectivity index (χ0) is 13.2. The number of likely N-dealkylation sites (tertiary alicyclic amines) is 1. The molecule has 0 radical (unpaired) electrons. The molecule has 1 aliphatic heterocycles. The SMILES string of the molecule is C[C@@H]1CCCCN1C(=O)c1cccc2ccccc12. The van der Waals surface area contributed by atoms with E-state index in [9.17, 15) is 4.79 Å². The van der Waals surface area contributed by atoms with Gasteiger partial charge in [-0.3, -0.25) is 4.79 Å². The van der Waals surface area contributed by atoms with Crippen molar-refractivity contribution < 1.29 is 4.79 Å². The molecule has 1 aliphatic rings. The van der Waals surface area contributed by atoms with Crippen LogP contribution in [0.5, 0.6) is 0 Å². The van der Waals surface area contributed by atoms with Gasteiger partial charge >= 0.3 is 0 Å². The molecule has 19 heavy (non-hydrogen) atoms. The lowest BCUT2D eigenvalue weighted by molar-refractivity contribution is 0.0637. The maximum Gasteiger partial charge on any atom is 0.254 e. The van der Waals surface area contributed by atoms with Crippen molar-refractivity contribution in [2.24, 2.45) is 0 Å². The second-order valence-corrected chi connectivity index (χ2v) is 5.37. The Balaban J connectivity index is 2.01. The van der Waals surface area contributed by atoms with E-state index in [2.05, 4.69) is 19.1 Å². The minimum Gasteiger partial charge on any atom is -0.336 e. The third-order valence-electron chi connectivity index (χ3n) is 4.08. The van der Waals surface area contributed by atoms with Crippen molar-refractivity contribution in [3.05, 3.63) is 48.0 Å². The van der Waals surface area contributed by atoms with Crippen molar-refractivity contribution >= 4 is 16.7 Å². The maximum absolute atomic E-state index is 12.8. The Kier molecular flexibility index (Phi) is 3.24. The Morgan fingerprint density at radius 2 is 1.89 bits per heavy atom. The molecule has 1 atom stereocenters. The first-order valence-corrected chi connectivity index (χ1v) is 7.06. The first kappa shape index (κ1) is 12.2. The number of nitrogens with zero attached hydrogens (tertiary/aromatic N) is 1. The molecule has 0 unspecified atom stereocenters. The van der Waals surface area contributed by atoms with Crippen molar-refractivity contribution in [1.82, 2.24) is 4.90 Å². The summed E-state index contributed by atoms with van der Waals surface area (Å²) in [4.78, 5) is 14.8. The van der Waals surface area contributed by atoms with E-state index >= 15 is 0 Å². The Labute approximate surface area is 114 Å². The van der Waals surface area contributed by atoms with Crippen molar-refractivity contribution in [1.29, 1.82) is 0 Å². The van der Waals surface area contributed by atoms with E-state index in [0.717, 1.165) is 35.7 Å². The predicted octanol–water partition coefficient (Wildman–Crippen LogP) is 3.85. The fourth-order valence-corrected chi connectivity index (χ4v) is 2.97. The Morgan fingerprint density at radius 3 is 2.74 bits per heavy atom. The average Bonchev–Trinajstić information content (AvgIpc) is 2.46. The van der Waals surface area contributed by atoms with Gasteiger partial charge in [0.1, 0.15) is 0 Å². The number of carbonyl (C=O) groups is 1. The molecule has 2 heteroatoms. The molecule has 0 bridgehead atoms. The molecule has 1 heterocycles. The molecule has 0 aliphatic carbocycles. The van der Waals surface area contributed by atoms with Crippen molar-refractivity contribution in [2.75, 3.05) is 6.54 Å². The van der Waals surface area contributed by atoms with Gasteiger partial charge in [0.05, 0.1) is 0 Å². The van der Waals surface area contributed by atoms with E-state index in [1.54, 1.807) is 0 Å². The molecular weight excluding hydrogens is 234 g/mol. The lowest BCUT2D eigenvalue weighted by Crippen LogP contribution is -2.42. The summed E-state index contributed by atoms with van der Waals surface area (Å²) in [6.07, 6.45) is 3.48. The number of benzene rings is 2. The van der Waals surface area contributed by atoms with E-state index in [-0.39, 0.29) is 5.91 Å². The highest BCUT2D eigenvalue weighted by Gasteiger charge is 2.24. The molecule has 2 aromatic rings. The molecule has 2 nitrogen and oxygen atoms in total. The molecule has 1 amide bonds. The standard InChI is InChI=1S/C17H19NO/c1-13-7-4-5-12-18(13)17(19)16-11-6-9-14-8-2-3-10-15(14)16/h2-3,6,8-11,13H,4-5,7,12H2,1H3/t13-/m1/s1. The Bertz CT molecular complexity index is 600. The molecule has 3 rings (SSSR count). The number of piperidine rings is 1. The molecule has 0 N–H and O–H groups in total. The van der Waals surface area contributed by atoms with Crippen molar-refractivity contribution in [3.63, 3.8) is 0 Å². The number of hydrogen-bond acceptors (Lipinski definition) is 1. The van der Waals surface area contributed by atoms with E-state index < -0.39 is 0 Å². The molecule has 2 aromatic carbocycles. The predicted molar refractivity (Wildman–Crippen MR) is 78.3 cm³/mol. The first-order chi connectivity index (χ1) is 9.27. The fourth-order valence-electron chi connectivity index (χ4n) is 2.97. The summed E-state index contributed by atoms with van der Waals surface area (Å²) in [6.45, 7) is 3.05. The van der Waals surface area contributed by atoms with Crippen LogP contribution in [0.25, 0.3) is 10.8 Å². The van der Waals surface area contributed by atoms with Crippen LogP contribution < -0.4 is 0 Å². The van der Waals surface area contributed by atoms with Crippen LogP contribution in [0, 0.1) is 0 Å². The average molecular weight is 253 g/mol. The van der Waals surface area contributed by atoms with E-state index in [1.807, 2.05) is 35.2 Å². The smallest absolute Gasteiger partial charge is 0.254 e. The van der Waals surface area contributed by atoms with Crippen LogP contribution >= 0.6 is 0 Å². The summed E-state index contributed by atoms with van der Waals surface area (Å²) in [6, 6.07) is 14.5. The second kappa shape index (κ2) is 5.04. The van der Waals surface area contributed by atoms with Crippen LogP contribution in [0.4, 0.5) is 0 Å². The molecule has 0 spiro atoms. The molecule has 0 saturated carbocycles. The van der Waals surface area contributed by atoms with Crippen molar-refractivity contribution in [3.8, 4) is 0 Å². The summed E-state index contributed by atoms with van der Waals surface area (Å²) in [5.41, 5.74) is 0.840.